The highest BCUT2D eigenvalue weighted by Crippen LogP contribution is 2.29. The van der Waals surface area contributed by atoms with Crippen LogP contribution in [0.25, 0.3) is 0 Å². The van der Waals surface area contributed by atoms with Crippen molar-refractivity contribution in [3.05, 3.63) is 59.2 Å². The van der Waals surface area contributed by atoms with Gasteiger partial charge in [-0.2, -0.15) is 17.5 Å². The van der Waals surface area contributed by atoms with E-state index in [0.717, 1.165) is 43.5 Å². The number of carbonyl (C=O) groups is 2. The fraction of sp³-hybridized carbons (Fsp3) is 0.364. The van der Waals surface area contributed by atoms with E-state index in [4.69, 9.17) is 0 Å². The molecule has 1 saturated heterocycles. The fourth-order valence-corrected chi connectivity index (χ4v) is 4.96. The number of benzene rings is 2. The van der Waals surface area contributed by atoms with Gasteiger partial charge in [0.2, 0.25) is 15.9 Å². The van der Waals surface area contributed by atoms with E-state index >= 15 is 0 Å². The molecule has 11 heteroatoms. The van der Waals surface area contributed by atoms with E-state index in [-0.39, 0.29) is 10.5 Å². The molecule has 1 fully saturated rings. The van der Waals surface area contributed by atoms with Crippen molar-refractivity contribution in [2.24, 2.45) is 0 Å². The van der Waals surface area contributed by atoms with Gasteiger partial charge in [0, 0.05) is 24.3 Å². The zero-order chi connectivity index (χ0) is 24.2. The van der Waals surface area contributed by atoms with Crippen LogP contribution in [-0.4, -0.2) is 44.2 Å². The first-order chi connectivity index (χ1) is 15.5. The van der Waals surface area contributed by atoms with Gasteiger partial charge in [-0.25, -0.2) is 8.42 Å². The third-order valence-electron chi connectivity index (χ3n) is 5.32. The minimum absolute atomic E-state index is 0.0263. The molecule has 2 amide bonds. The molecule has 178 valence electrons. The molecular weight excluding hydrogens is 459 g/mol. The van der Waals surface area contributed by atoms with Crippen LogP contribution in [0.1, 0.15) is 40.7 Å². The van der Waals surface area contributed by atoms with Gasteiger partial charge in [0.05, 0.1) is 17.0 Å². The van der Waals surface area contributed by atoms with E-state index in [2.05, 4.69) is 10.6 Å². The molecule has 0 radical (unpaired) electrons. The molecule has 33 heavy (non-hydrogen) atoms. The van der Waals surface area contributed by atoms with Crippen LogP contribution in [-0.2, 0) is 21.0 Å². The Morgan fingerprint density at radius 2 is 1.64 bits per heavy atom. The Kier molecular flexibility index (Phi) is 7.43. The summed E-state index contributed by atoms with van der Waals surface area (Å²) in [6.45, 7) is 2.16. The summed E-state index contributed by atoms with van der Waals surface area (Å²) in [5, 5.41) is 4.91. The van der Waals surface area contributed by atoms with Gasteiger partial charge in [-0.3, -0.25) is 9.59 Å². The normalized spacial score (nSPS) is 15.2. The number of sulfonamides is 1. The van der Waals surface area contributed by atoms with Crippen LogP contribution >= 0.6 is 0 Å². The lowest BCUT2D eigenvalue weighted by Gasteiger charge is -2.26. The van der Waals surface area contributed by atoms with Gasteiger partial charge in [0.15, 0.2) is 0 Å². The van der Waals surface area contributed by atoms with E-state index in [1.807, 2.05) is 0 Å². The Balaban J connectivity index is 1.63. The number of nitrogens with one attached hydrogen (secondary N) is 2. The van der Waals surface area contributed by atoms with E-state index in [1.165, 1.54) is 16.4 Å². The average molecular weight is 484 g/mol. The zero-order valence-electron chi connectivity index (χ0n) is 17.9. The second-order valence-electron chi connectivity index (χ2n) is 7.75. The highest BCUT2D eigenvalue weighted by atomic mass is 32.2. The lowest BCUT2D eigenvalue weighted by molar-refractivity contribution is -0.137. The Morgan fingerprint density at radius 3 is 2.24 bits per heavy atom. The summed E-state index contributed by atoms with van der Waals surface area (Å²) >= 11 is 0. The molecule has 1 heterocycles. The van der Waals surface area contributed by atoms with Gasteiger partial charge in [0.25, 0.3) is 5.91 Å². The third kappa shape index (κ3) is 6.11. The number of hydrogen-bond acceptors (Lipinski definition) is 4. The summed E-state index contributed by atoms with van der Waals surface area (Å²) in [5.41, 5.74) is 0.0186. The maximum atomic E-state index is 12.9. The van der Waals surface area contributed by atoms with Crippen molar-refractivity contribution in [2.75, 3.05) is 25.0 Å². The van der Waals surface area contributed by atoms with Gasteiger partial charge in [-0.15, -0.1) is 0 Å². The standard InChI is InChI=1S/C22H24F3N3O4S/c1-15-5-10-18(33(31,32)28-11-3-2-4-12-28)13-19(15)27-20(29)14-26-21(30)16-6-8-17(9-7-16)22(23,24)25/h5-10,13H,2-4,11-12,14H2,1H3,(H,26,30)(H,27,29). The SMILES string of the molecule is Cc1ccc(S(=O)(=O)N2CCCCC2)cc1NC(=O)CNC(=O)c1ccc(C(F)(F)F)cc1. The quantitative estimate of drug-likeness (QED) is 0.657. The van der Waals surface area contributed by atoms with Crippen molar-refractivity contribution >= 4 is 27.5 Å². The van der Waals surface area contributed by atoms with Crippen LogP contribution in [0.5, 0.6) is 0 Å². The monoisotopic (exact) mass is 483 g/mol. The van der Waals surface area contributed by atoms with Crippen LogP contribution in [0.2, 0.25) is 0 Å². The van der Waals surface area contributed by atoms with Gasteiger partial charge >= 0.3 is 6.18 Å². The van der Waals surface area contributed by atoms with Gasteiger partial charge < -0.3 is 10.6 Å². The lowest BCUT2D eigenvalue weighted by atomic mass is 10.1. The summed E-state index contributed by atoms with van der Waals surface area (Å²) < 4.78 is 65.1. The largest absolute Gasteiger partial charge is 0.416 e. The summed E-state index contributed by atoms with van der Waals surface area (Å²) in [4.78, 5) is 24.5. The van der Waals surface area contributed by atoms with E-state index in [9.17, 15) is 31.2 Å². The number of hydrogen-bond donors (Lipinski definition) is 2. The Labute approximate surface area is 190 Å². The van der Waals surface area contributed by atoms with Crippen LogP contribution in [0.4, 0.5) is 18.9 Å². The van der Waals surface area contributed by atoms with E-state index in [1.54, 1.807) is 13.0 Å². The summed E-state index contributed by atoms with van der Waals surface area (Å²) in [5.74, 6) is -1.32. The number of rotatable bonds is 6. The maximum absolute atomic E-state index is 12.9. The molecule has 0 saturated carbocycles. The predicted octanol–water partition coefficient (Wildman–Crippen LogP) is 3.56. The third-order valence-corrected chi connectivity index (χ3v) is 7.21. The number of anilines is 1. The first-order valence-electron chi connectivity index (χ1n) is 10.3. The van der Waals surface area contributed by atoms with Gasteiger partial charge in [0.1, 0.15) is 0 Å². The fourth-order valence-electron chi connectivity index (χ4n) is 3.42. The Morgan fingerprint density at radius 1 is 1.00 bits per heavy atom. The van der Waals surface area contributed by atoms with E-state index < -0.39 is 40.1 Å². The number of halogens is 3. The minimum Gasteiger partial charge on any atom is -0.343 e. The first-order valence-corrected chi connectivity index (χ1v) is 11.8. The van der Waals surface area contributed by atoms with Crippen LogP contribution < -0.4 is 10.6 Å². The molecule has 1 aliphatic heterocycles. The number of amides is 2. The molecule has 0 bridgehead atoms. The lowest BCUT2D eigenvalue weighted by Crippen LogP contribution is -2.35. The van der Waals surface area contributed by atoms with Crippen molar-refractivity contribution in [2.45, 2.75) is 37.3 Å². The predicted molar refractivity (Wildman–Crippen MR) is 116 cm³/mol. The number of piperidine rings is 1. The number of aryl methyl sites for hydroxylation is 1. The van der Waals surface area contributed by atoms with E-state index in [0.29, 0.717) is 24.3 Å². The molecule has 3 rings (SSSR count). The molecule has 2 N–H and O–H groups in total. The number of carbonyl (C=O) groups excluding carboxylic acids is 2. The average Bonchev–Trinajstić information content (AvgIpc) is 2.79. The van der Waals surface area contributed by atoms with Crippen molar-refractivity contribution in [1.29, 1.82) is 0 Å². The maximum Gasteiger partial charge on any atom is 0.416 e. The second kappa shape index (κ2) is 9.92. The number of nitrogens with zero attached hydrogens (tertiary/aromatic N) is 1. The molecule has 0 aliphatic carbocycles. The summed E-state index contributed by atoms with van der Waals surface area (Å²) in [6.07, 6.45) is -1.93. The summed E-state index contributed by atoms with van der Waals surface area (Å²) in [7, 11) is -3.68. The molecule has 1 aliphatic rings. The highest BCUT2D eigenvalue weighted by molar-refractivity contribution is 7.89. The smallest absolute Gasteiger partial charge is 0.343 e. The summed E-state index contributed by atoms with van der Waals surface area (Å²) in [6, 6.07) is 8.08. The molecule has 7 nitrogen and oxygen atoms in total. The Hall–Kier alpha value is -2.92. The Bertz CT molecular complexity index is 1130. The van der Waals surface area contributed by atoms with Crippen LogP contribution in [0.3, 0.4) is 0 Å². The minimum atomic E-state index is -4.51. The topological polar surface area (TPSA) is 95.6 Å². The van der Waals surface area contributed by atoms with Crippen LogP contribution in [0.15, 0.2) is 47.4 Å². The van der Waals surface area contributed by atoms with Gasteiger partial charge in [-0.05, 0) is 61.7 Å². The number of alkyl halides is 3. The first kappa shape index (κ1) is 24.7. The van der Waals surface area contributed by atoms with Gasteiger partial charge in [-0.1, -0.05) is 12.5 Å². The molecule has 0 atom stereocenters. The van der Waals surface area contributed by atoms with Crippen LogP contribution in [0, 0.1) is 6.92 Å². The van der Waals surface area contributed by atoms with Crippen molar-refractivity contribution in [3.8, 4) is 0 Å². The molecule has 0 spiro atoms. The molecular formula is C22H24F3N3O4S. The van der Waals surface area contributed by atoms with Crippen molar-refractivity contribution < 1.29 is 31.2 Å². The second-order valence-corrected chi connectivity index (χ2v) is 9.69. The molecule has 2 aromatic carbocycles. The van der Waals surface area contributed by atoms with Crippen molar-refractivity contribution in [3.63, 3.8) is 0 Å². The zero-order valence-corrected chi connectivity index (χ0v) is 18.7. The van der Waals surface area contributed by atoms with Crippen molar-refractivity contribution in [1.82, 2.24) is 9.62 Å². The molecule has 0 unspecified atom stereocenters. The highest BCUT2D eigenvalue weighted by Gasteiger charge is 2.30. The molecule has 2 aromatic rings. The molecule has 0 aromatic heterocycles.